The zero-order valence-corrected chi connectivity index (χ0v) is 10.8. The van der Waals surface area contributed by atoms with Crippen LogP contribution in [0.5, 0.6) is 0 Å². The number of hydrogen-bond donors (Lipinski definition) is 2. The summed E-state index contributed by atoms with van der Waals surface area (Å²) in [5.41, 5.74) is 0. The summed E-state index contributed by atoms with van der Waals surface area (Å²) in [7, 11) is 0. The van der Waals surface area contributed by atoms with Gasteiger partial charge in [0.1, 0.15) is 0 Å². The molecule has 0 bridgehead atoms. The molecule has 0 radical (unpaired) electrons. The Balaban J connectivity index is 1.83. The van der Waals surface area contributed by atoms with Gasteiger partial charge in [0, 0.05) is 12.6 Å². The van der Waals surface area contributed by atoms with Gasteiger partial charge in [-0.05, 0) is 19.3 Å². The van der Waals surface area contributed by atoms with Crippen LogP contribution in [0, 0.1) is 0 Å². The third-order valence-electron chi connectivity index (χ3n) is 3.32. The molecule has 0 aromatic heterocycles. The molecule has 5 heteroatoms. The normalized spacial score (nSPS) is 26.8. The second-order valence-corrected chi connectivity index (χ2v) is 5.90. The monoisotopic (exact) mass is 256 g/mol. The van der Waals surface area contributed by atoms with Crippen LogP contribution in [0.4, 0.5) is 0 Å². The fraction of sp³-hybridized carbons (Fsp3) is 0.833. The molecule has 96 valence electrons. The number of rotatable bonds is 3. The molecule has 17 heavy (non-hydrogen) atoms. The van der Waals surface area contributed by atoms with Gasteiger partial charge in [-0.2, -0.15) is 4.99 Å². The molecule has 2 aliphatic rings. The van der Waals surface area contributed by atoms with Crippen LogP contribution in [0.15, 0.2) is 4.99 Å². The van der Waals surface area contributed by atoms with Gasteiger partial charge in [0.25, 0.3) is 5.91 Å². The van der Waals surface area contributed by atoms with Crippen molar-refractivity contribution in [2.24, 2.45) is 4.99 Å². The second kappa shape index (κ2) is 6.40. The Morgan fingerprint density at radius 3 is 2.65 bits per heavy atom. The maximum Gasteiger partial charge on any atom is 0.261 e. The van der Waals surface area contributed by atoms with Gasteiger partial charge in [-0.25, -0.2) is 0 Å². The van der Waals surface area contributed by atoms with Crippen molar-refractivity contribution in [2.75, 3.05) is 6.61 Å². The first-order valence-electron chi connectivity index (χ1n) is 6.46. The van der Waals surface area contributed by atoms with Crippen LogP contribution >= 0.6 is 11.8 Å². The fourth-order valence-corrected chi connectivity index (χ4v) is 3.37. The lowest BCUT2D eigenvalue weighted by molar-refractivity contribution is -0.117. The first-order valence-corrected chi connectivity index (χ1v) is 7.34. The molecule has 0 spiro atoms. The maximum atomic E-state index is 11.5. The first-order chi connectivity index (χ1) is 8.29. The molecule has 1 unspecified atom stereocenters. The van der Waals surface area contributed by atoms with Crippen molar-refractivity contribution in [1.29, 1.82) is 0 Å². The summed E-state index contributed by atoms with van der Waals surface area (Å²) < 4.78 is 0. The Bertz CT molecular complexity index is 299. The highest BCUT2D eigenvalue weighted by atomic mass is 32.2. The van der Waals surface area contributed by atoms with Crippen LogP contribution < -0.4 is 5.32 Å². The van der Waals surface area contributed by atoms with Crippen LogP contribution in [0.1, 0.15) is 44.9 Å². The average molecular weight is 256 g/mol. The Labute approximate surface area is 106 Å². The van der Waals surface area contributed by atoms with E-state index in [1.54, 1.807) is 0 Å². The smallest absolute Gasteiger partial charge is 0.261 e. The largest absolute Gasteiger partial charge is 0.396 e. The molecule has 2 N–H and O–H groups in total. The van der Waals surface area contributed by atoms with E-state index in [1.165, 1.54) is 50.3 Å². The second-order valence-electron chi connectivity index (χ2n) is 4.71. The van der Waals surface area contributed by atoms with E-state index < -0.39 is 0 Å². The van der Waals surface area contributed by atoms with E-state index in [4.69, 9.17) is 5.11 Å². The summed E-state index contributed by atoms with van der Waals surface area (Å²) in [6, 6.07) is 0.476. The van der Waals surface area contributed by atoms with Crippen LogP contribution in [-0.4, -0.2) is 34.1 Å². The summed E-state index contributed by atoms with van der Waals surface area (Å²) >= 11 is 1.47. The van der Waals surface area contributed by atoms with Crippen LogP contribution in [0.25, 0.3) is 0 Å². The zero-order valence-electron chi connectivity index (χ0n) is 10.0. The number of nitrogens with one attached hydrogen (secondary N) is 1. The van der Waals surface area contributed by atoms with Crippen LogP contribution in [-0.2, 0) is 4.79 Å². The standard InChI is InChI=1S/C12H20N2O2S/c15-8-7-10-11(16)14-12(17-10)13-9-5-3-1-2-4-6-9/h9-10,15H,1-8H2,(H,13,14,16). The third kappa shape index (κ3) is 3.71. The van der Waals surface area contributed by atoms with Crippen molar-refractivity contribution in [1.82, 2.24) is 5.32 Å². The lowest BCUT2D eigenvalue weighted by atomic mass is 10.1. The lowest BCUT2D eigenvalue weighted by Crippen LogP contribution is -2.32. The van der Waals surface area contributed by atoms with Gasteiger partial charge in [-0.15, -0.1) is 0 Å². The van der Waals surface area contributed by atoms with E-state index in [9.17, 15) is 4.79 Å². The molecule has 1 saturated carbocycles. The van der Waals surface area contributed by atoms with Gasteiger partial charge in [0.2, 0.25) is 0 Å². The van der Waals surface area contributed by atoms with Crippen molar-refractivity contribution in [3.8, 4) is 0 Å². The summed E-state index contributed by atoms with van der Waals surface area (Å²) in [4.78, 5) is 15.6. The van der Waals surface area contributed by atoms with Crippen LogP contribution in [0.3, 0.4) is 0 Å². The number of thioether (sulfide) groups is 1. The minimum absolute atomic E-state index is 0.0512. The van der Waals surface area contributed by atoms with Crippen LogP contribution in [0.2, 0.25) is 0 Å². The topological polar surface area (TPSA) is 61.7 Å². The van der Waals surface area contributed by atoms with E-state index in [2.05, 4.69) is 10.3 Å². The van der Waals surface area contributed by atoms with Crippen molar-refractivity contribution < 1.29 is 9.90 Å². The SMILES string of the molecule is O=C1N=C(NC2CCCCCC2)SC1CCO. The number of amides is 1. The van der Waals surface area contributed by atoms with E-state index in [1.807, 2.05) is 0 Å². The first kappa shape index (κ1) is 12.9. The maximum absolute atomic E-state index is 11.5. The molecule has 1 aliphatic carbocycles. The van der Waals surface area contributed by atoms with E-state index in [0.717, 1.165) is 5.17 Å². The van der Waals surface area contributed by atoms with Gasteiger partial charge in [0.05, 0.1) is 5.25 Å². The minimum Gasteiger partial charge on any atom is -0.396 e. The highest BCUT2D eigenvalue weighted by Gasteiger charge is 2.28. The van der Waals surface area contributed by atoms with Gasteiger partial charge in [-0.1, -0.05) is 37.4 Å². The van der Waals surface area contributed by atoms with Crippen molar-refractivity contribution >= 4 is 22.8 Å². The number of hydrogen-bond acceptors (Lipinski definition) is 4. The van der Waals surface area contributed by atoms with Gasteiger partial charge >= 0.3 is 0 Å². The number of aliphatic hydroxyl groups excluding tert-OH is 1. The Hall–Kier alpha value is -0.550. The number of aliphatic hydroxyl groups is 1. The fourth-order valence-electron chi connectivity index (χ4n) is 2.35. The number of aliphatic imine (C=N–C) groups is 1. The molecular weight excluding hydrogens is 236 g/mol. The summed E-state index contributed by atoms with van der Waals surface area (Å²) in [6.07, 6.45) is 8.04. The summed E-state index contributed by atoms with van der Waals surface area (Å²) in [5.74, 6) is -0.0971. The molecule has 4 nitrogen and oxygen atoms in total. The molecule has 2 rings (SSSR count). The molecule has 0 saturated heterocycles. The molecule has 1 aliphatic heterocycles. The molecule has 1 amide bonds. The number of nitrogens with zero attached hydrogens (tertiary/aromatic N) is 1. The Kier molecular flexibility index (Phi) is 4.86. The minimum atomic E-state index is -0.173. The van der Waals surface area contributed by atoms with Gasteiger partial charge in [-0.3, -0.25) is 4.79 Å². The molecule has 0 aromatic carbocycles. The Morgan fingerprint density at radius 1 is 1.29 bits per heavy atom. The molecule has 1 atom stereocenters. The number of carbonyl (C=O) groups is 1. The molecular formula is C12H20N2O2S. The number of carbonyl (C=O) groups excluding carboxylic acids is 1. The molecule has 1 fully saturated rings. The summed E-state index contributed by atoms with van der Waals surface area (Å²) in [5, 5.41) is 12.8. The zero-order chi connectivity index (χ0) is 12.1. The number of amidine groups is 1. The predicted molar refractivity (Wildman–Crippen MR) is 70.1 cm³/mol. The summed E-state index contributed by atoms with van der Waals surface area (Å²) in [6.45, 7) is 0.0512. The predicted octanol–water partition coefficient (Wildman–Crippen LogP) is 1.68. The van der Waals surface area contributed by atoms with E-state index in [0.29, 0.717) is 12.5 Å². The third-order valence-corrected chi connectivity index (χ3v) is 4.47. The highest BCUT2D eigenvalue weighted by molar-refractivity contribution is 8.15. The quantitative estimate of drug-likeness (QED) is 0.754. The van der Waals surface area contributed by atoms with E-state index in [-0.39, 0.29) is 17.8 Å². The van der Waals surface area contributed by atoms with Gasteiger partial charge < -0.3 is 10.4 Å². The van der Waals surface area contributed by atoms with Crippen molar-refractivity contribution in [3.05, 3.63) is 0 Å². The van der Waals surface area contributed by atoms with Crippen molar-refractivity contribution in [2.45, 2.75) is 56.2 Å². The van der Waals surface area contributed by atoms with Gasteiger partial charge in [0.15, 0.2) is 5.17 Å². The lowest BCUT2D eigenvalue weighted by Gasteiger charge is -2.16. The highest BCUT2D eigenvalue weighted by Crippen LogP contribution is 2.25. The average Bonchev–Trinajstić information content (AvgIpc) is 2.54. The van der Waals surface area contributed by atoms with Crippen molar-refractivity contribution in [3.63, 3.8) is 0 Å². The van der Waals surface area contributed by atoms with E-state index >= 15 is 0 Å². The Morgan fingerprint density at radius 2 is 2.00 bits per heavy atom. The molecule has 1 heterocycles. The molecule has 0 aromatic rings.